The number of benzene rings is 1. The van der Waals surface area contributed by atoms with Gasteiger partial charge in [0, 0.05) is 31.4 Å². The van der Waals surface area contributed by atoms with Crippen LogP contribution in [-0.2, 0) is 6.54 Å². The Kier molecular flexibility index (Phi) is 3.84. The van der Waals surface area contributed by atoms with Crippen LogP contribution in [0.15, 0.2) is 18.2 Å². The first kappa shape index (κ1) is 12.0. The van der Waals surface area contributed by atoms with E-state index in [9.17, 15) is 0 Å². The molecule has 2 nitrogen and oxygen atoms in total. The maximum atomic E-state index is 3.62. The molecule has 1 radical (unpaired) electrons. The zero-order chi connectivity index (χ0) is 12.2. The van der Waals surface area contributed by atoms with E-state index in [4.69, 9.17) is 0 Å². The van der Waals surface area contributed by atoms with Gasteiger partial charge in [-0.25, -0.2) is 0 Å². The molecule has 0 bridgehead atoms. The lowest BCUT2D eigenvalue weighted by atomic mass is 9.93. The number of piperidine rings is 1. The van der Waals surface area contributed by atoms with Crippen LogP contribution in [0.4, 0.5) is 5.69 Å². The number of nitrogens with one attached hydrogen (secondary N) is 1. The minimum absolute atomic E-state index is 0.761. The molecular formula is C16H23N2. The van der Waals surface area contributed by atoms with Crippen molar-refractivity contribution in [2.24, 2.45) is 0 Å². The van der Waals surface area contributed by atoms with Crippen LogP contribution in [0.25, 0.3) is 0 Å². The molecule has 1 aliphatic carbocycles. The molecule has 1 aromatic rings. The average Bonchev–Trinajstić information content (AvgIpc) is 2.38. The van der Waals surface area contributed by atoms with Gasteiger partial charge in [0.1, 0.15) is 0 Å². The molecule has 3 rings (SSSR count). The van der Waals surface area contributed by atoms with Crippen LogP contribution in [-0.4, -0.2) is 19.1 Å². The number of nitrogens with zero attached hydrogens (tertiary/aromatic N) is 1. The zero-order valence-electron chi connectivity index (χ0n) is 11.1. The lowest BCUT2D eigenvalue weighted by molar-refractivity contribution is 0.338. The van der Waals surface area contributed by atoms with Crippen molar-refractivity contribution in [3.8, 4) is 0 Å². The van der Waals surface area contributed by atoms with Crippen molar-refractivity contribution in [3.63, 3.8) is 0 Å². The number of hydrogen-bond donors (Lipinski definition) is 1. The zero-order valence-corrected chi connectivity index (χ0v) is 11.1. The molecule has 2 aliphatic rings. The summed E-state index contributed by atoms with van der Waals surface area (Å²) in [5.74, 6) is 0. The van der Waals surface area contributed by atoms with E-state index < -0.39 is 0 Å². The highest BCUT2D eigenvalue weighted by atomic mass is 15.1. The molecule has 1 aromatic carbocycles. The highest BCUT2D eigenvalue weighted by Crippen LogP contribution is 2.22. The van der Waals surface area contributed by atoms with Crippen LogP contribution < -0.4 is 10.2 Å². The first-order valence-corrected chi connectivity index (χ1v) is 7.41. The molecule has 97 valence electrons. The normalized spacial score (nSPS) is 20.8. The molecule has 0 aromatic heterocycles. The van der Waals surface area contributed by atoms with E-state index in [0.717, 1.165) is 12.6 Å². The largest absolute Gasteiger partial charge is 0.372 e. The first-order chi connectivity index (χ1) is 8.92. The minimum Gasteiger partial charge on any atom is -0.372 e. The van der Waals surface area contributed by atoms with Gasteiger partial charge in [-0.1, -0.05) is 12.5 Å². The van der Waals surface area contributed by atoms with Crippen LogP contribution in [0.2, 0.25) is 0 Å². The Bertz CT molecular complexity index is 378. The van der Waals surface area contributed by atoms with Crippen LogP contribution in [0.5, 0.6) is 0 Å². The maximum Gasteiger partial charge on any atom is 0.0369 e. The van der Waals surface area contributed by atoms with Crippen molar-refractivity contribution in [2.75, 3.05) is 18.0 Å². The molecule has 2 fully saturated rings. The quantitative estimate of drug-likeness (QED) is 0.874. The fraction of sp³-hybridized carbons (Fsp3) is 0.625. The van der Waals surface area contributed by atoms with Gasteiger partial charge in [0.2, 0.25) is 0 Å². The summed E-state index contributed by atoms with van der Waals surface area (Å²) in [5.41, 5.74) is 2.70. The third kappa shape index (κ3) is 2.86. The van der Waals surface area contributed by atoms with Gasteiger partial charge in [-0.2, -0.15) is 0 Å². The summed E-state index contributed by atoms with van der Waals surface area (Å²) in [4.78, 5) is 2.52. The van der Waals surface area contributed by atoms with Crippen LogP contribution in [0, 0.1) is 6.07 Å². The van der Waals surface area contributed by atoms with Gasteiger partial charge in [-0.15, -0.1) is 0 Å². The number of anilines is 1. The summed E-state index contributed by atoms with van der Waals surface area (Å²) in [5, 5.41) is 3.62. The van der Waals surface area contributed by atoms with Gasteiger partial charge in [-0.3, -0.25) is 0 Å². The van der Waals surface area contributed by atoms with E-state index in [1.54, 1.807) is 0 Å². The van der Waals surface area contributed by atoms with Crippen LogP contribution >= 0.6 is 0 Å². The van der Waals surface area contributed by atoms with Crippen molar-refractivity contribution in [3.05, 3.63) is 29.8 Å². The summed E-state index contributed by atoms with van der Waals surface area (Å²) >= 11 is 0. The van der Waals surface area contributed by atoms with E-state index in [0.29, 0.717) is 0 Å². The minimum atomic E-state index is 0.761. The first-order valence-electron chi connectivity index (χ1n) is 7.41. The molecule has 2 heteroatoms. The molecule has 18 heavy (non-hydrogen) atoms. The van der Waals surface area contributed by atoms with Crippen LogP contribution in [0.3, 0.4) is 0 Å². The van der Waals surface area contributed by atoms with E-state index in [1.165, 1.54) is 62.9 Å². The lowest BCUT2D eigenvalue weighted by Crippen LogP contribution is -2.34. The lowest BCUT2D eigenvalue weighted by Gasteiger charge is -2.29. The average molecular weight is 243 g/mol. The van der Waals surface area contributed by atoms with Crippen molar-refractivity contribution in [1.82, 2.24) is 5.32 Å². The van der Waals surface area contributed by atoms with Gasteiger partial charge in [-0.05, 0) is 55.9 Å². The third-order valence-electron chi connectivity index (χ3n) is 4.25. The van der Waals surface area contributed by atoms with Crippen molar-refractivity contribution >= 4 is 5.69 Å². The standard InChI is InChI=1S/C16H23N2/c1-2-10-18(11-3-1)16-9-4-6-14(12-16)13-17-15-7-5-8-15/h4,9,12,15,17H,1-3,5,7-8,10-11,13H2. The Balaban J connectivity index is 1.60. The molecular weight excluding hydrogens is 220 g/mol. The fourth-order valence-corrected chi connectivity index (χ4v) is 2.82. The smallest absolute Gasteiger partial charge is 0.0369 e. The van der Waals surface area contributed by atoms with Gasteiger partial charge in [0.05, 0.1) is 0 Å². The molecule has 1 aliphatic heterocycles. The summed E-state index contributed by atoms with van der Waals surface area (Å²) in [6.07, 6.45) is 8.18. The predicted octanol–water partition coefficient (Wildman–Crippen LogP) is 3.12. The Morgan fingerprint density at radius 2 is 2.00 bits per heavy atom. The highest BCUT2D eigenvalue weighted by Gasteiger charge is 2.16. The van der Waals surface area contributed by atoms with E-state index >= 15 is 0 Å². The SMILES string of the molecule is [c]1ccc(N2CCCCC2)cc1CNC1CCC1. The van der Waals surface area contributed by atoms with E-state index in [-0.39, 0.29) is 0 Å². The van der Waals surface area contributed by atoms with Gasteiger partial charge in [0.25, 0.3) is 0 Å². The fourth-order valence-electron chi connectivity index (χ4n) is 2.82. The van der Waals surface area contributed by atoms with E-state index in [2.05, 4.69) is 34.5 Å². The Labute approximate surface area is 110 Å². The molecule has 0 spiro atoms. The molecule has 0 amide bonds. The topological polar surface area (TPSA) is 15.3 Å². The van der Waals surface area contributed by atoms with Gasteiger partial charge >= 0.3 is 0 Å². The maximum absolute atomic E-state index is 3.62. The van der Waals surface area contributed by atoms with Gasteiger partial charge in [0.15, 0.2) is 0 Å². The second kappa shape index (κ2) is 5.75. The van der Waals surface area contributed by atoms with Crippen molar-refractivity contribution < 1.29 is 0 Å². The molecule has 0 atom stereocenters. The van der Waals surface area contributed by atoms with Crippen LogP contribution in [0.1, 0.15) is 44.1 Å². The molecule has 1 N–H and O–H groups in total. The molecule has 1 saturated carbocycles. The molecule has 1 heterocycles. The second-order valence-corrected chi connectivity index (χ2v) is 5.63. The highest BCUT2D eigenvalue weighted by molar-refractivity contribution is 5.48. The Morgan fingerprint density at radius 1 is 1.17 bits per heavy atom. The van der Waals surface area contributed by atoms with Gasteiger partial charge < -0.3 is 10.2 Å². The number of hydrogen-bond acceptors (Lipinski definition) is 2. The molecule has 1 saturated heterocycles. The summed E-state index contributed by atoms with van der Waals surface area (Å²) in [7, 11) is 0. The number of rotatable bonds is 4. The Hall–Kier alpha value is -1.02. The second-order valence-electron chi connectivity index (χ2n) is 5.63. The van der Waals surface area contributed by atoms with E-state index in [1.807, 2.05) is 0 Å². The third-order valence-corrected chi connectivity index (χ3v) is 4.25. The summed E-state index contributed by atoms with van der Waals surface area (Å²) in [6, 6.07) is 10.7. The van der Waals surface area contributed by atoms with Crippen molar-refractivity contribution in [1.29, 1.82) is 0 Å². The predicted molar refractivity (Wildman–Crippen MR) is 75.8 cm³/mol. The summed E-state index contributed by atoms with van der Waals surface area (Å²) < 4.78 is 0. The molecule has 0 unspecified atom stereocenters. The monoisotopic (exact) mass is 243 g/mol. The summed E-state index contributed by atoms with van der Waals surface area (Å²) in [6.45, 7) is 3.42. The van der Waals surface area contributed by atoms with Crippen molar-refractivity contribution in [2.45, 2.75) is 51.1 Å². The Morgan fingerprint density at radius 3 is 2.72 bits per heavy atom.